The van der Waals surface area contributed by atoms with Crippen molar-refractivity contribution < 1.29 is 0 Å². The monoisotopic (exact) mass is 316 g/mol. The van der Waals surface area contributed by atoms with Crippen LogP contribution in [0.15, 0.2) is 60.7 Å². The zero-order valence-corrected chi connectivity index (χ0v) is 14.3. The summed E-state index contributed by atoms with van der Waals surface area (Å²) in [5, 5.41) is 0. The molecule has 0 aromatic heterocycles. The largest absolute Gasteiger partial charge is 0.398 e. The van der Waals surface area contributed by atoms with Gasteiger partial charge in [-0.25, -0.2) is 0 Å². The van der Waals surface area contributed by atoms with Gasteiger partial charge < -0.3 is 11.5 Å². The number of nitrogens with two attached hydrogens (primary N) is 2. The minimum absolute atomic E-state index is 0.841. The van der Waals surface area contributed by atoms with Gasteiger partial charge in [0.15, 0.2) is 0 Å². The lowest BCUT2D eigenvalue weighted by Gasteiger charge is -2.13. The van der Waals surface area contributed by atoms with E-state index in [-0.39, 0.29) is 0 Å². The molecule has 3 rings (SSSR count). The molecule has 2 heteroatoms. The van der Waals surface area contributed by atoms with Crippen molar-refractivity contribution >= 4 is 11.4 Å². The van der Waals surface area contributed by atoms with Crippen molar-refractivity contribution in [3.63, 3.8) is 0 Å². The Morgan fingerprint density at radius 1 is 0.583 bits per heavy atom. The summed E-state index contributed by atoms with van der Waals surface area (Å²) in [7, 11) is 0. The average molecular weight is 316 g/mol. The highest BCUT2D eigenvalue weighted by molar-refractivity contribution is 5.54. The van der Waals surface area contributed by atoms with Crippen molar-refractivity contribution in [3.05, 3.63) is 94.0 Å². The molecule has 0 bridgehead atoms. The van der Waals surface area contributed by atoms with Gasteiger partial charge in [0.05, 0.1) is 0 Å². The van der Waals surface area contributed by atoms with Crippen LogP contribution in [0, 0.1) is 13.8 Å². The van der Waals surface area contributed by atoms with Crippen molar-refractivity contribution in [2.45, 2.75) is 26.7 Å². The SMILES string of the molecule is Cc1ccc(Cc2ccccc2Cc2ccc(C)cc2N)c(N)c1. The lowest BCUT2D eigenvalue weighted by atomic mass is 9.93. The van der Waals surface area contributed by atoms with Gasteiger partial charge in [-0.05, 0) is 72.2 Å². The highest BCUT2D eigenvalue weighted by Gasteiger charge is 2.08. The molecule has 0 spiro atoms. The first-order valence-electron chi connectivity index (χ1n) is 8.29. The Hall–Kier alpha value is -2.74. The second-order valence-corrected chi connectivity index (χ2v) is 6.53. The Labute approximate surface area is 144 Å². The molecular formula is C22H24N2. The molecule has 0 saturated heterocycles. The Morgan fingerprint density at radius 3 is 1.38 bits per heavy atom. The van der Waals surface area contributed by atoms with Gasteiger partial charge in [-0.1, -0.05) is 48.5 Å². The summed E-state index contributed by atoms with van der Waals surface area (Å²) >= 11 is 0. The minimum Gasteiger partial charge on any atom is -0.398 e. The third kappa shape index (κ3) is 3.60. The molecule has 24 heavy (non-hydrogen) atoms. The van der Waals surface area contributed by atoms with E-state index in [0.717, 1.165) is 24.2 Å². The van der Waals surface area contributed by atoms with E-state index in [2.05, 4.69) is 62.4 Å². The van der Waals surface area contributed by atoms with Crippen molar-refractivity contribution in [2.75, 3.05) is 11.5 Å². The van der Waals surface area contributed by atoms with Crippen molar-refractivity contribution in [3.8, 4) is 0 Å². The smallest absolute Gasteiger partial charge is 0.0352 e. The molecular weight excluding hydrogens is 292 g/mol. The van der Waals surface area contributed by atoms with Gasteiger partial charge in [-0.2, -0.15) is 0 Å². The standard InChI is InChI=1S/C22H24N2/c1-15-7-9-19(21(23)11-15)13-17-5-3-4-6-18(17)14-20-10-8-16(2)12-22(20)24/h3-12H,13-14,23-24H2,1-2H3. The summed E-state index contributed by atoms with van der Waals surface area (Å²) < 4.78 is 0. The zero-order chi connectivity index (χ0) is 17.1. The van der Waals surface area contributed by atoms with Crippen molar-refractivity contribution in [1.29, 1.82) is 0 Å². The van der Waals surface area contributed by atoms with Gasteiger partial charge in [0, 0.05) is 11.4 Å². The first kappa shape index (κ1) is 16.1. The van der Waals surface area contributed by atoms with Crippen LogP contribution in [0.2, 0.25) is 0 Å². The summed E-state index contributed by atoms with van der Waals surface area (Å²) in [6.07, 6.45) is 1.68. The van der Waals surface area contributed by atoms with Crippen molar-refractivity contribution in [2.24, 2.45) is 0 Å². The molecule has 122 valence electrons. The number of benzene rings is 3. The number of aryl methyl sites for hydroxylation is 2. The summed E-state index contributed by atoms with van der Waals surface area (Å²) in [6, 6.07) is 21.1. The van der Waals surface area contributed by atoms with Crippen LogP contribution in [0.5, 0.6) is 0 Å². The first-order valence-corrected chi connectivity index (χ1v) is 8.29. The van der Waals surface area contributed by atoms with Crippen LogP contribution in [0.1, 0.15) is 33.4 Å². The highest BCUT2D eigenvalue weighted by atomic mass is 14.6. The lowest BCUT2D eigenvalue weighted by molar-refractivity contribution is 1.09. The molecule has 4 N–H and O–H groups in total. The molecule has 0 aliphatic carbocycles. The number of hydrogen-bond acceptors (Lipinski definition) is 2. The fraction of sp³-hybridized carbons (Fsp3) is 0.182. The maximum atomic E-state index is 6.19. The van der Waals surface area contributed by atoms with E-state index in [1.807, 2.05) is 12.1 Å². The number of rotatable bonds is 4. The predicted molar refractivity (Wildman–Crippen MR) is 103 cm³/mol. The summed E-state index contributed by atoms with van der Waals surface area (Å²) in [6.45, 7) is 4.13. The van der Waals surface area contributed by atoms with E-state index in [1.54, 1.807) is 0 Å². The predicted octanol–water partition coefficient (Wildman–Crippen LogP) is 4.65. The molecule has 0 saturated carbocycles. The third-order valence-electron chi connectivity index (χ3n) is 4.48. The molecule has 3 aromatic carbocycles. The Bertz CT molecular complexity index is 793. The van der Waals surface area contributed by atoms with Gasteiger partial charge in [-0.3, -0.25) is 0 Å². The Morgan fingerprint density at radius 2 is 1.00 bits per heavy atom. The number of nitrogen functional groups attached to an aromatic ring is 2. The minimum atomic E-state index is 0.841. The maximum absolute atomic E-state index is 6.19. The van der Waals surface area contributed by atoms with E-state index in [9.17, 15) is 0 Å². The van der Waals surface area contributed by atoms with Gasteiger partial charge in [-0.15, -0.1) is 0 Å². The van der Waals surface area contributed by atoms with E-state index in [1.165, 1.54) is 33.4 Å². The first-order chi connectivity index (χ1) is 11.5. The molecule has 0 heterocycles. The summed E-state index contributed by atoms with van der Waals surface area (Å²) in [5.74, 6) is 0. The molecule has 0 radical (unpaired) electrons. The third-order valence-corrected chi connectivity index (χ3v) is 4.48. The average Bonchev–Trinajstić information content (AvgIpc) is 2.54. The molecule has 0 aliphatic heterocycles. The van der Waals surface area contributed by atoms with E-state index < -0.39 is 0 Å². The summed E-state index contributed by atoms with van der Waals surface area (Å²) in [4.78, 5) is 0. The fourth-order valence-electron chi connectivity index (χ4n) is 3.06. The van der Waals surface area contributed by atoms with Crippen LogP contribution < -0.4 is 11.5 Å². The molecule has 0 amide bonds. The quantitative estimate of drug-likeness (QED) is 0.688. The van der Waals surface area contributed by atoms with E-state index >= 15 is 0 Å². The van der Waals surface area contributed by atoms with Gasteiger partial charge in [0.1, 0.15) is 0 Å². The molecule has 0 fully saturated rings. The number of anilines is 2. The topological polar surface area (TPSA) is 52.0 Å². The molecule has 0 atom stereocenters. The maximum Gasteiger partial charge on any atom is 0.0352 e. The molecule has 2 nitrogen and oxygen atoms in total. The van der Waals surface area contributed by atoms with Crippen LogP contribution in [-0.4, -0.2) is 0 Å². The normalized spacial score (nSPS) is 10.8. The van der Waals surface area contributed by atoms with Crippen molar-refractivity contribution in [1.82, 2.24) is 0 Å². The van der Waals surface area contributed by atoms with Crippen LogP contribution >= 0.6 is 0 Å². The van der Waals surface area contributed by atoms with Crippen LogP contribution in [0.25, 0.3) is 0 Å². The highest BCUT2D eigenvalue weighted by Crippen LogP contribution is 2.24. The van der Waals surface area contributed by atoms with Crippen LogP contribution in [-0.2, 0) is 12.8 Å². The Kier molecular flexibility index (Phi) is 4.57. The van der Waals surface area contributed by atoms with Gasteiger partial charge in [0.2, 0.25) is 0 Å². The second-order valence-electron chi connectivity index (χ2n) is 6.53. The second kappa shape index (κ2) is 6.79. The lowest BCUT2D eigenvalue weighted by Crippen LogP contribution is -2.02. The molecule has 0 unspecified atom stereocenters. The van der Waals surface area contributed by atoms with Crippen LogP contribution in [0.3, 0.4) is 0 Å². The Balaban J connectivity index is 1.90. The number of hydrogen-bond donors (Lipinski definition) is 2. The van der Waals surface area contributed by atoms with Gasteiger partial charge in [0.25, 0.3) is 0 Å². The van der Waals surface area contributed by atoms with E-state index in [0.29, 0.717) is 0 Å². The van der Waals surface area contributed by atoms with Crippen LogP contribution in [0.4, 0.5) is 11.4 Å². The van der Waals surface area contributed by atoms with E-state index in [4.69, 9.17) is 11.5 Å². The molecule has 0 aliphatic rings. The summed E-state index contributed by atoms with van der Waals surface area (Å²) in [5.41, 5.74) is 21.4. The van der Waals surface area contributed by atoms with Gasteiger partial charge >= 0.3 is 0 Å². The fourth-order valence-corrected chi connectivity index (χ4v) is 3.06. The molecule has 3 aromatic rings. The zero-order valence-electron chi connectivity index (χ0n) is 14.3.